The number of nitrogens with one attached hydrogen (secondary N) is 1. The van der Waals surface area contributed by atoms with Gasteiger partial charge in [-0.15, -0.1) is 0 Å². The molecule has 2 rings (SSSR count). The Morgan fingerprint density at radius 2 is 1.79 bits per heavy atom. The van der Waals surface area contributed by atoms with Crippen molar-refractivity contribution >= 4 is 36.1 Å². The summed E-state index contributed by atoms with van der Waals surface area (Å²) < 4.78 is 39.6. The molecule has 0 spiro atoms. The number of carbonyl (C=O) groups excluding carboxylic acids is 2. The number of anilines is 1. The summed E-state index contributed by atoms with van der Waals surface area (Å²) in [5.74, 6) is -2.46. The minimum atomic E-state index is -5.29. The number of amides is 1. The van der Waals surface area contributed by atoms with Crippen molar-refractivity contribution in [3.8, 4) is 5.75 Å². The van der Waals surface area contributed by atoms with Gasteiger partial charge in [0.05, 0.1) is 0 Å². The van der Waals surface area contributed by atoms with Crippen LogP contribution in [-0.4, -0.2) is 35.3 Å². The molecule has 0 aliphatic heterocycles. The second kappa shape index (κ2) is 6.90. The zero-order valence-corrected chi connectivity index (χ0v) is 14.3. The number of phenolic OH excluding ortho intramolecular Hbond substituents is 1. The van der Waals surface area contributed by atoms with Gasteiger partial charge in [0.25, 0.3) is 0 Å². The van der Waals surface area contributed by atoms with Crippen LogP contribution in [0.15, 0.2) is 42.5 Å². The van der Waals surface area contributed by atoms with Gasteiger partial charge in [-0.05, 0) is 0 Å². The summed E-state index contributed by atoms with van der Waals surface area (Å²) in [6, 6.07) is 7.52. The van der Waals surface area contributed by atoms with Gasteiger partial charge in [0.1, 0.15) is 0 Å². The molecule has 0 aliphatic rings. The summed E-state index contributed by atoms with van der Waals surface area (Å²) in [6.45, 7) is 1.20. The number of phenols is 1. The third-order valence-corrected chi connectivity index (χ3v) is 5.72. The number of carbonyl (C=O) groups is 2. The molecule has 1 amide bonds. The molecule has 0 fully saturated rings. The molecular weight excluding hydrogens is 384 g/mol. The number of aromatic hydroxyl groups is 1. The molecule has 9 heteroatoms. The summed E-state index contributed by atoms with van der Waals surface area (Å²) >= 11 is -5.29. The molecule has 126 valence electrons. The molecule has 1 atom stereocenters. The molecule has 0 heterocycles. The van der Waals surface area contributed by atoms with Crippen molar-refractivity contribution in [3.05, 3.63) is 53.8 Å². The SMILES string of the molecule is CC(=O)Nc1cc([As](=O)(O)OC(=O)c2ccc(F)cc2)ccc1O. The third-order valence-electron chi connectivity index (χ3n) is 2.90. The van der Waals surface area contributed by atoms with Gasteiger partial charge < -0.3 is 0 Å². The quantitative estimate of drug-likeness (QED) is 0.523. The molecule has 24 heavy (non-hydrogen) atoms. The fraction of sp³-hybridized carbons (Fsp3) is 0.0667. The van der Waals surface area contributed by atoms with Gasteiger partial charge in [0.15, 0.2) is 0 Å². The van der Waals surface area contributed by atoms with E-state index in [-0.39, 0.29) is 21.4 Å². The summed E-state index contributed by atoms with van der Waals surface area (Å²) in [7, 11) is 0. The van der Waals surface area contributed by atoms with Crippen LogP contribution in [0.25, 0.3) is 0 Å². The molecule has 0 saturated heterocycles. The van der Waals surface area contributed by atoms with Crippen LogP contribution >= 0.6 is 0 Å². The Hall–Kier alpha value is -2.57. The van der Waals surface area contributed by atoms with Gasteiger partial charge in [-0.1, -0.05) is 0 Å². The van der Waals surface area contributed by atoms with Gasteiger partial charge in [-0.3, -0.25) is 0 Å². The minimum absolute atomic E-state index is 0.0893. The number of hydrogen-bond acceptors (Lipinski definition) is 5. The maximum absolute atomic E-state index is 12.8. The summed E-state index contributed by atoms with van der Waals surface area (Å²) in [4.78, 5) is 22.9. The normalized spacial score (nSPS) is 13.0. The van der Waals surface area contributed by atoms with Crippen LogP contribution in [0.3, 0.4) is 0 Å². The van der Waals surface area contributed by atoms with Crippen molar-refractivity contribution in [1.29, 1.82) is 0 Å². The first kappa shape index (κ1) is 17.8. The number of rotatable bonds is 4. The Kier molecular flexibility index (Phi) is 5.11. The average molecular weight is 397 g/mol. The first-order valence-electron chi connectivity index (χ1n) is 6.62. The van der Waals surface area contributed by atoms with Crippen LogP contribution in [0.4, 0.5) is 10.1 Å². The summed E-state index contributed by atoms with van der Waals surface area (Å²) in [6.07, 6.45) is 0. The molecule has 2 aromatic rings. The number of benzene rings is 2. The third kappa shape index (κ3) is 4.24. The molecule has 0 aromatic heterocycles. The van der Waals surface area contributed by atoms with E-state index in [1.165, 1.54) is 6.92 Å². The van der Waals surface area contributed by atoms with Crippen LogP contribution < -0.4 is 9.67 Å². The van der Waals surface area contributed by atoms with E-state index in [1.807, 2.05) is 0 Å². The molecule has 0 bridgehead atoms. The van der Waals surface area contributed by atoms with E-state index in [2.05, 4.69) is 9.04 Å². The number of hydrogen-bond donors (Lipinski definition) is 3. The van der Waals surface area contributed by atoms with E-state index < -0.39 is 31.9 Å². The molecule has 0 aliphatic carbocycles. The van der Waals surface area contributed by atoms with E-state index >= 15 is 0 Å². The summed E-state index contributed by atoms with van der Waals surface area (Å²) in [5.41, 5.74) is -0.179. The second-order valence-electron chi connectivity index (χ2n) is 4.79. The fourth-order valence-corrected chi connectivity index (χ4v) is 3.87. The topological polar surface area (TPSA) is 113 Å². The van der Waals surface area contributed by atoms with E-state index in [1.54, 1.807) is 0 Å². The Labute approximate surface area is 139 Å². The summed E-state index contributed by atoms with van der Waals surface area (Å²) in [5, 5.41) is 11.9. The van der Waals surface area contributed by atoms with Gasteiger partial charge in [0, 0.05) is 0 Å². The first-order valence-corrected chi connectivity index (χ1v) is 9.93. The van der Waals surface area contributed by atoms with Crippen LogP contribution in [0.5, 0.6) is 5.75 Å². The van der Waals surface area contributed by atoms with Gasteiger partial charge in [-0.2, -0.15) is 0 Å². The molecule has 1 unspecified atom stereocenters. The van der Waals surface area contributed by atoms with E-state index in [9.17, 15) is 26.9 Å². The molecule has 7 nitrogen and oxygen atoms in total. The second-order valence-corrected chi connectivity index (χ2v) is 8.44. The Balaban J connectivity index is 2.26. The predicted molar refractivity (Wildman–Crippen MR) is 82.5 cm³/mol. The van der Waals surface area contributed by atoms with E-state index in [4.69, 9.17) is 0 Å². The molecule has 0 saturated carbocycles. The Morgan fingerprint density at radius 3 is 2.38 bits per heavy atom. The van der Waals surface area contributed by atoms with Crippen LogP contribution in [-0.2, 0) is 12.3 Å². The zero-order chi connectivity index (χ0) is 17.9. The van der Waals surface area contributed by atoms with Crippen molar-refractivity contribution < 1.29 is 30.6 Å². The Bertz CT molecular complexity index is 836. The number of halogens is 1. The van der Waals surface area contributed by atoms with Crippen molar-refractivity contribution in [1.82, 2.24) is 0 Å². The first-order chi connectivity index (χ1) is 11.2. The monoisotopic (exact) mass is 397 g/mol. The fourth-order valence-electron chi connectivity index (χ4n) is 1.79. The van der Waals surface area contributed by atoms with Gasteiger partial charge in [0.2, 0.25) is 0 Å². The standard InChI is InChI=1S/C15H13AsFNO6/c1-9(19)18-13-8-11(4-7-14(13)20)16(22,23)24-15(21)10-2-5-12(17)6-3-10/h2-8,20H,1H3,(H,18,19)(H,22,23). The molecule has 2 aromatic carbocycles. The Morgan fingerprint density at radius 1 is 1.17 bits per heavy atom. The van der Waals surface area contributed by atoms with Crippen molar-refractivity contribution in [2.75, 3.05) is 5.32 Å². The zero-order valence-electron chi connectivity index (χ0n) is 12.4. The van der Waals surface area contributed by atoms with E-state index in [0.717, 1.165) is 42.5 Å². The van der Waals surface area contributed by atoms with E-state index in [0.29, 0.717) is 0 Å². The van der Waals surface area contributed by atoms with Crippen LogP contribution in [0.2, 0.25) is 0 Å². The van der Waals surface area contributed by atoms with Crippen molar-refractivity contribution in [2.24, 2.45) is 0 Å². The van der Waals surface area contributed by atoms with Crippen molar-refractivity contribution in [2.45, 2.75) is 6.92 Å². The van der Waals surface area contributed by atoms with Crippen LogP contribution in [0, 0.1) is 5.82 Å². The predicted octanol–water partition coefficient (Wildman–Crippen LogP) is 0.915. The van der Waals surface area contributed by atoms with Crippen LogP contribution in [0.1, 0.15) is 17.3 Å². The molecular formula is C15H13AsFNO6. The molecule has 0 radical (unpaired) electrons. The average Bonchev–Trinajstić information content (AvgIpc) is 2.49. The van der Waals surface area contributed by atoms with Gasteiger partial charge >= 0.3 is 139 Å². The maximum atomic E-state index is 12.8. The van der Waals surface area contributed by atoms with Crippen molar-refractivity contribution in [3.63, 3.8) is 0 Å². The van der Waals surface area contributed by atoms with Gasteiger partial charge in [-0.25, -0.2) is 0 Å². The molecule has 3 N–H and O–H groups in total.